The molecule has 0 fully saturated rings. The minimum atomic E-state index is -0.296. The molecule has 0 N–H and O–H groups in total. The summed E-state index contributed by atoms with van der Waals surface area (Å²) in [5, 5.41) is 0. The lowest BCUT2D eigenvalue weighted by atomic mass is 10.2. The topological polar surface area (TPSA) is 55.0 Å². The Balaban J connectivity index is 1.89. The van der Waals surface area contributed by atoms with Gasteiger partial charge in [-0.2, -0.15) is 4.99 Å². The van der Waals surface area contributed by atoms with E-state index < -0.39 is 0 Å². The summed E-state index contributed by atoms with van der Waals surface area (Å²) in [4.78, 5) is 15.1. The van der Waals surface area contributed by atoms with E-state index in [1.807, 2.05) is 46.7 Å². The van der Waals surface area contributed by atoms with Gasteiger partial charge in [0.05, 0.1) is 24.2 Å². The molecule has 0 aliphatic carbocycles. The SMILES string of the molecule is COC1=NC=NCN1[C@@H](C)c1nc2ccc(F)cc2n1-c1ccccc1. The van der Waals surface area contributed by atoms with Crippen LogP contribution < -0.4 is 0 Å². The number of benzene rings is 2. The van der Waals surface area contributed by atoms with Crippen LogP contribution >= 0.6 is 0 Å². The van der Waals surface area contributed by atoms with E-state index in [-0.39, 0.29) is 11.9 Å². The minimum absolute atomic E-state index is 0.179. The minimum Gasteiger partial charge on any atom is -0.468 e. The number of hydrogen-bond acceptors (Lipinski definition) is 5. The molecule has 0 saturated heterocycles. The van der Waals surface area contributed by atoms with Gasteiger partial charge >= 0.3 is 0 Å². The molecule has 0 bridgehead atoms. The number of nitrogens with zero attached hydrogens (tertiary/aromatic N) is 5. The molecule has 0 spiro atoms. The van der Waals surface area contributed by atoms with Gasteiger partial charge in [-0.1, -0.05) is 18.2 Å². The number of ether oxygens (including phenoxy) is 1. The van der Waals surface area contributed by atoms with Gasteiger partial charge in [-0.25, -0.2) is 9.37 Å². The number of amidine groups is 1. The number of rotatable bonds is 3. The second-order valence-electron chi connectivity index (χ2n) is 5.98. The van der Waals surface area contributed by atoms with Gasteiger partial charge in [-0.3, -0.25) is 14.5 Å². The van der Waals surface area contributed by atoms with Crippen molar-refractivity contribution in [2.75, 3.05) is 13.8 Å². The highest BCUT2D eigenvalue weighted by Crippen LogP contribution is 2.29. The molecule has 6 nitrogen and oxygen atoms in total. The summed E-state index contributed by atoms with van der Waals surface area (Å²) in [5.74, 6) is 0.467. The third kappa shape index (κ3) is 2.71. The highest BCUT2D eigenvalue weighted by atomic mass is 19.1. The van der Waals surface area contributed by atoms with Crippen molar-refractivity contribution >= 4 is 23.4 Å². The van der Waals surface area contributed by atoms with E-state index in [9.17, 15) is 4.39 Å². The van der Waals surface area contributed by atoms with Crippen molar-refractivity contribution in [3.05, 3.63) is 60.2 Å². The van der Waals surface area contributed by atoms with E-state index in [1.54, 1.807) is 13.2 Å². The van der Waals surface area contributed by atoms with Crippen molar-refractivity contribution in [3.63, 3.8) is 0 Å². The highest BCUT2D eigenvalue weighted by Gasteiger charge is 2.27. The van der Waals surface area contributed by atoms with Gasteiger partial charge < -0.3 is 4.74 Å². The quantitative estimate of drug-likeness (QED) is 0.725. The number of aliphatic imine (C=N–C) groups is 2. The fourth-order valence-corrected chi connectivity index (χ4v) is 3.14. The molecule has 132 valence electrons. The van der Waals surface area contributed by atoms with Crippen molar-refractivity contribution in [1.29, 1.82) is 0 Å². The Morgan fingerprint density at radius 1 is 1.15 bits per heavy atom. The van der Waals surface area contributed by atoms with Crippen LogP contribution in [0.1, 0.15) is 18.8 Å². The standard InChI is InChI=1S/C19H18FN5O/c1-13(24-12-21-11-22-19(24)26-2)18-23-16-9-8-14(20)10-17(16)25(18)15-6-4-3-5-7-15/h3-11,13H,12H2,1-2H3/t13-/m0/s1. The van der Waals surface area contributed by atoms with Gasteiger partial charge in [0.2, 0.25) is 0 Å². The molecule has 0 saturated carbocycles. The summed E-state index contributed by atoms with van der Waals surface area (Å²) in [5.41, 5.74) is 2.36. The van der Waals surface area contributed by atoms with E-state index in [0.29, 0.717) is 12.7 Å². The molecule has 1 aliphatic rings. The van der Waals surface area contributed by atoms with E-state index >= 15 is 0 Å². The van der Waals surface area contributed by atoms with Crippen LogP contribution in [0.4, 0.5) is 4.39 Å². The molecule has 0 unspecified atom stereocenters. The van der Waals surface area contributed by atoms with Crippen LogP contribution in [-0.2, 0) is 4.74 Å². The van der Waals surface area contributed by atoms with Gasteiger partial charge in [-0.05, 0) is 31.2 Å². The molecule has 0 amide bonds. The Kier molecular flexibility index (Phi) is 4.12. The summed E-state index contributed by atoms with van der Waals surface area (Å²) in [7, 11) is 1.58. The van der Waals surface area contributed by atoms with E-state index in [4.69, 9.17) is 9.72 Å². The fourth-order valence-electron chi connectivity index (χ4n) is 3.14. The van der Waals surface area contributed by atoms with Gasteiger partial charge in [0, 0.05) is 11.8 Å². The van der Waals surface area contributed by atoms with Gasteiger partial charge in [0.1, 0.15) is 24.6 Å². The van der Waals surface area contributed by atoms with E-state index in [2.05, 4.69) is 9.98 Å². The van der Waals surface area contributed by atoms with E-state index in [1.165, 1.54) is 18.5 Å². The first-order valence-electron chi connectivity index (χ1n) is 8.29. The molecule has 2 heterocycles. The number of hydrogen-bond donors (Lipinski definition) is 0. The Labute approximate surface area is 150 Å². The van der Waals surface area contributed by atoms with E-state index in [0.717, 1.165) is 22.5 Å². The van der Waals surface area contributed by atoms with Crippen molar-refractivity contribution in [3.8, 4) is 5.69 Å². The zero-order valence-electron chi connectivity index (χ0n) is 14.5. The Bertz CT molecular complexity index is 996. The van der Waals surface area contributed by atoms with Crippen molar-refractivity contribution in [2.45, 2.75) is 13.0 Å². The Hall–Kier alpha value is -3.22. The summed E-state index contributed by atoms with van der Waals surface area (Å²) in [6.45, 7) is 2.42. The summed E-state index contributed by atoms with van der Waals surface area (Å²) < 4.78 is 21.2. The largest absolute Gasteiger partial charge is 0.468 e. The summed E-state index contributed by atoms with van der Waals surface area (Å²) in [6.07, 6.45) is 1.48. The molecule has 0 radical (unpaired) electrons. The molecular weight excluding hydrogens is 333 g/mol. The van der Waals surface area contributed by atoms with Crippen LogP contribution in [0.3, 0.4) is 0 Å². The molecular formula is C19H18FN5O. The number of halogens is 1. The first kappa shape index (κ1) is 16.3. The first-order valence-corrected chi connectivity index (χ1v) is 8.29. The van der Waals surface area contributed by atoms with Crippen LogP contribution in [0.15, 0.2) is 58.5 Å². The third-order valence-electron chi connectivity index (χ3n) is 4.41. The van der Waals surface area contributed by atoms with Crippen molar-refractivity contribution < 1.29 is 9.13 Å². The second-order valence-corrected chi connectivity index (χ2v) is 5.98. The molecule has 2 aromatic carbocycles. The number of imidazole rings is 1. The Morgan fingerprint density at radius 3 is 2.73 bits per heavy atom. The zero-order valence-corrected chi connectivity index (χ0v) is 14.5. The molecule has 1 aliphatic heterocycles. The van der Waals surface area contributed by atoms with Crippen LogP contribution in [0.5, 0.6) is 0 Å². The van der Waals surface area contributed by atoms with Crippen molar-refractivity contribution in [2.24, 2.45) is 9.98 Å². The Morgan fingerprint density at radius 2 is 1.96 bits per heavy atom. The number of methoxy groups -OCH3 is 1. The van der Waals surface area contributed by atoms with Gasteiger partial charge in [0.25, 0.3) is 6.02 Å². The zero-order chi connectivity index (χ0) is 18.1. The maximum absolute atomic E-state index is 13.9. The number of fused-ring (bicyclic) bond motifs is 1. The normalized spacial score (nSPS) is 15.2. The average molecular weight is 351 g/mol. The molecule has 1 aromatic heterocycles. The molecule has 26 heavy (non-hydrogen) atoms. The fraction of sp³-hybridized carbons (Fsp3) is 0.211. The number of para-hydroxylation sites is 1. The maximum Gasteiger partial charge on any atom is 0.295 e. The summed E-state index contributed by atoms with van der Waals surface area (Å²) >= 11 is 0. The summed E-state index contributed by atoms with van der Waals surface area (Å²) in [6, 6.07) is 14.7. The van der Waals surface area contributed by atoms with Gasteiger partial charge in [0.15, 0.2) is 0 Å². The van der Waals surface area contributed by atoms with Crippen molar-refractivity contribution in [1.82, 2.24) is 14.5 Å². The van der Waals surface area contributed by atoms with Crippen LogP contribution in [-0.4, -0.2) is 40.6 Å². The lowest BCUT2D eigenvalue weighted by molar-refractivity contribution is 0.237. The van der Waals surface area contributed by atoms with Gasteiger partial charge in [-0.15, -0.1) is 0 Å². The van der Waals surface area contributed by atoms with Crippen LogP contribution in [0.25, 0.3) is 16.7 Å². The second kappa shape index (κ2) is 6.59. The molecule has 3 aromatic rings. The molecule has 7 heteroatoms. The monoisotopic (exact) mass is 351 g/mol. The van der Waals surface area contributed by atoms with Crippen LogP contribution in [0.2, 0.25) is 0 Å². The third-order valence-corrected chi connectivity index (χ3v) is 4.41. The lowest BCUT2D eigenvalue weighted by Gasteiger charge is -2.30. The first-order chi connectivity index (χ1) is 12.7. The highest BCUT2D eigenvalue weighted by molar-refractivity contribution is 5.84. The predicted octanol–water partition coefficient (Wildman–Crippen LogP) is 3.53. The lowest BCUT2D eigenvalue weighted by Crippen LogP contribution is -2.37. The smallest absolute Gasteiger partial charge is 0.295 e. The predicted molar refractivity (Wildman–Crippen MR) is 99.1 cm³/mol. The average Bonchev–Trinajstić information content (AvgIpc) is 3.06. The molecule has 1 atom stereocenters. The number of aromatic nitrogens is 2. The van der Waals surface area contributed by atoms with Crippen LogP contribution in [0, 0.1) is 5.82 Å². The molecule has 4 rings (SSSR count). The maximum atomic E-state index is 13.9.